The van der Waals surface area contributed by atoms with Gasteiger partial charge >= 0.3 is 0 Å². The van der Waals surface area contributed by atoms with Crippen molar-refractivity contribution in [3.63, 3.8) is 0 Å². The zero-order chi connectivity index (χ0) is 7.52. The van der Waals surface area contributed by atoms with Crippen molar-refractivity contribution in [1.82, 2.24) is 29.9 Å². The molecular weight excluding hydrogens is 144 g/mol. The van der Waals surface area contributed by atoms with Gasteiger partial charge in [0.15, 0.2) is 6.33 Å². The highest BCUT2D eigenvalue weighted by Crippen LogP contribution is 1.92. The van der Waals surface area contributed by atoms with Gasteiger partial charge < -0.3 is 0 Å². The van der Waals surface area contributed by atoms with Crippen LogP contribution in [-0.2, 0) is 0 Å². The quantitative estimate of drug-likeness (QED) is 0.542. The first-order chi connectivity index (χ1) is 5.47. The lowest BCUT2D eigenvalue weighted by Crippen LogP contribution is -2.00. The minimum absolute atomic E-state index is 0.421. The summed E-state index contributed by atoms with van der Waals surface area (Å²) in [5.41, 5.74) is 0. The van der Waals surface area contributed by atoms with Crippen LogP contribution in [0.1, 0.15) is 0 Å². The first-order valence-corrected chi connectivity index (χ1v) is 2.95. The largest absolute Gasteiger partial charge is 0.273 e. The zero-order valence-corrected chi connectivity index (χ0v) is 5.49. The molecule has 2 rings (SSSR count). The summed E-state index contributed by atoms with van der Waals surface area (Å²) in [6, 6.07) is 0. The molecule has 0 spiro atoms. The molecule has 11 heavy (non-hydrogen) atoms. The third kappa shape index (κ3) is 1.05. The summed E-state index contributed by atoms with van der Waals surface area (Å²) in [7, 11) is 0. The van der Waals surface area contributed by atoms with E-state index in [1.165, 1.54) is 6.33 Å². The molecule has 0 atom stereocenters. The SMILES string of the molecule is c1cn(-c2nncnn2)cn1. The van der Waals surface area contributed by atoms with Crippen molar-refractivity contribution in [2.75, 3.05) is 0 Å². The average molecular weight is 148 g/mol. The molecule has 6 heteroatoms. The molecular formula is C5H4N6. The molecule has 0 saturated carbocycles. The fraction of sp³-hybridized carbons (Fsp3) is 0. The lowest BCUT2D eigenvalue weighted by molar-refractivity contribution is 0.780. The van der Waals surface area contributed by atoms with E-state index in [9.17, 15) is 0 Å². The molecule has 0 fully saturated rings. The fourth-order valence-electron chi connectivity index (χ4n) is 0.679. The number of nitrogens with zero attached hydrogens (tertiary/aromatic N) is 6. The van der Waals surface area contributed by atoms with Crippen molar-refractivity contribution in [1.29, 1.82) is 0 Å². The highest BCUT2D eigenvalue weighted by Gasteiger charge is 1.95. The van der Waals surface area contributed by atoms with Crippen molar-refractivity contribution in [2.45, 2.75) is 0 Å². The Morgan fingerprint density at radius 1 is 1.18 bits per heavy atom. The highest BCUT2D eigenvalue weighted by atomic mass is 15.3. The second-order valence-corrected chi connectivity index (χ2v) is 1.82. The molecule has 0 aliphatic rings. The van der Waals surface area contributed by atoms with Crippen molar-refractivity contribution in [3.05, 3.63) is 25.0 Å². The second kappa shape index (κ2) is 2.41. The van der Waals surface area contributed by atoms with Crippen molar-refractivity contribution < 1.29 is 0 Å². The van der Waals surface area contributed by atoms with Crippen molar-refractivity contribution in [2.24, 2.45) is 0 Å². The van der Waals surface area contributed by atoms with Crippen LogP contribution < -0.4 is 0 Å². The summed E-state index contributed by atoms with van der Waals surface area (Å²) in [4.78, 5) is 3.83. The molecule has 6 nitrogen and oxygen atoms in total. The first-order valence-electron chi connectivity index (χ1n) is 2.95. The molecule has 0 N–H and O–H groups in total. The Kier molecular flexibility index (Phi) is 1.29. The van der Waals surface area contributed by atoms with Gasteiger partial charge in [-0.2, -0.15) is 0 Å². The van der Waals surface area contributed by atoms with Crippen LogP contribution in [0.3, 0.4) is 0 Å². The lowest BCUT2D eigenvalue weighted by atomic mass is 10.8. The summed E-state index contributed by atoms with van der Waals surface area (Å²) < 4.78 is 1.62. The van der Waals surface area contributed by atoms with Gasteiger partial charge in [0.2, 0.25) is 0 Å². The number of aromatic nitrogens is 6. The van der Waals surface area contributed by atoms with Gasteiger partial charge in [0.25, 0.3) is 5.95 Å². The average Bonchev–Trinajstić information content (AvgIpc) is 2.58. The van der Waals surface area contributed by atoms with Gasteiger partial charge in [-0.1, -0.05) is 0 Å². The standard InChI is InChI=1S/C5H4N6/c1-2-11(4-6-1)5-9-7-3-8-10-5/h1-4H. The molecule has 0 amide bonds. The number of hydrogen-bond acceptors (Lipinski definition) is 5. The fourth-order valence-corrected chi connectivity index (χ4v) is 0.679. The molecule has 54 valence electrons. The van der Waals surface area contributed by atoms with Crippen LogP contribution in [0, 0.1) is 0 Å². The van der Waals surface area contributed by atoms with Gasteiger partial charge in [0.1, 0.15) is 6.33 Å². The van der Waals surface area contributed by atoms with Crippen LogP contribution in [0.5, 0.6) is 0 Å². The van der Waals surface area contributed by atoms with Crippen LogP contribution in [-0.4, -0.2) is 29.9 Å². The summed E-state index contributed by atoms with van der Waals surface area (Å²) >= 11 is 0. The van der Waals surface area contributed by atoms with E-state index < -0.39 is 0 Å². The maximum absolute atomic E-state index is 3.83. The molecule has 0 aromatic carbocycles. The molecule has 0 saturated heterocycles. The zero-order valence-electron chi connectivity index (χ0n) is 5.49. The summed E-state index contributed by atoms with van der Waals surface area (Å²) in [6.07, 6.45) is 6.22. The van der Waals surface area contributed by atoms with E-state index in [4.69, 9.17) is 0 Å². The molecule has 2 heterocycles. The number of hydrogen-bond donors (Lipinski definition) is 0. The van der Waals surface area contributed by atoms with Gasteiger partial charge in [-0.3, -0.25) is 4.57 Å². The Morgan fingerprint density at radius 2 is 2.00 bits per heavy atom. The van der Waals surface area contributed by atoms with Crippen molar-refractivity contribution in [3.8, 4) is 5.95 Å². The van der Waals surface area contributed by atoms with Gasteiger partial charge in [-0.25, -0.2) is 4.98 Å². The van der Waals surface area contributed by atoms with E-state index in [0.717, 1.165) is 0 Å². The van der Waals surface area contributed by atoms with E-state index >= 15 is 0 Å². The Bertz CT molecular complexity index is 314. The Balaban J connectivity index is 2.46. The molecule has 2 aromatic heterocycles. The maximum Gasteiger partial charge on any atom is 0.273 e. The van der Waals surface area contributed by atoms with Crippen LogP contribution in [0.25, 0.3) is 5.95 Å². The topological polar surface area (TPSA) is 69.4 Å². The van der Waals surface area contributed by atoms with E-state index in [2.05, 4.69) is 25.4 Å². The first kappa shape index (κ1) is 5.90. The third-order valence-corrected chi connectivity index (χ3v) is 1.13. The van der Waals surface area contributed by atoms with Gasteiger partial charge in [0, 0.05) is 12.4 Å². The summed E-state index contributed by atoms with van der Waals surface area (Å²) in [5, 5.41) is 14.6. The van der Waals surface area contributed by atoms with E-state index in [1.807, 2.05) is 0 Å². The van der Waals surface area contributed by atoms with Crippen molar-refractivity contribution >= 4 is 0 Å². The molecule has 0 radical (unpaired) electrons. The minimum atomic E-state index is 0.421. The third-order valence-electron chi connectivity index (χ3n) is 1.13. The normalized spacial score (nSPS) is 9.82. The number of imidazole rings is 1. The van der Waals surface area contributed by atoms with Crippen LogP contribution in [0.15, 0.2) is 25.0 Å². The summed E-state index contributed by atoms with van der Waals surface area (Å²) in [5.74, 6) is 0.421. The van der Waals surface area contributed by atoms with Gasteiger partial charge in [-0.05, 0) is 0 Å². The maximum atomic E-state index is 3.83. The molecule has 0 aliphatic heterocycles. The van der Waals surface area contributed by atoms with Gasteiger partial charge in [-0.15, -0.1) is 20.4 Å². The Morgan fingerprint density at radius 3 is 2.64 bits per heavy atom. The van der Waals surface area contributed by atoms with E-state index in [0.29, 0.717) is 5.95 Å². The van der Waals surface area contributed by atoms with Crippen LogP contribution in [0.2, 0.25) is 0 Å². The molecule has 0 bridgehead atoms. The smallest absolute Gasteiger partial charge is 0.272 e. The summed E-state index contributed by atoms with van der Waals surface area (Å²) in [6.45, 7) is 0. The second-order valence-electron chi connectivity index (χ2n) is 1.82. The Hall–Kier alpha value is -1.85. The van der Waals surface area contributed by atoms with Crippen LogP contribution >= 0.6 is 0 Å². The highest BCUT2D eigenvalue weighted by molar-refractivity contribution is 5.03. The van der Waals surface area contributed by atoms with Gasteiger partial charge in [0.05, 0.1) is 0 Å². The lowest BCUT2D eigenvalue weighted by Gasteiger charge is -1.93. The van der Waals surface area contributed by atoms with Crippen LogP contribution in [0.4, 0.5) is 0 Å². The van der Waals surface area contributed by atoms with E-state index in [-0.39, 0.29) is 0 Å². The molecule has 2 aromatic rings. The molecule has 0 aliphatic carbocycles. The number of rotatable bonds is 1. The minimum Gasteiger partial charge on any atom is -0.272 e. The molecule has 0 unspecified atom stereocenters. The monoisotopic (exact) mass is 148 g/mol. The predicted octanol–water partition coefficient (Wildman–Crippen LogP) is -0.548. The van der Waals surface area contributed by atoms with E-state index in [1.54, 1.807) is 23.3 Å². The predicted molar refractivity (Wildman–Crippen MR) is 34.7 cm³/mol. The Labute approximate surface area is 61.9 Å².